The predicted octanol–water partition coefficient (Wildman–Crippen LogP) is 17.1. The summed E-state index contributed by atoms with van der Waals surface area (Å²) in [6, 6.07) is 39.0. The van der Waals surface area contributed by atoms with E-state index in [9.17, 15) is 35.9 Å². The molecule has 0 saturated carbocycles. The molecule has 0 amide bonds. The van der Waals surface area contributed by atoms with Crippen LogP contribution in [-0.2, 0) is 107 Å². The Bertz CT molecular complexity index is 5160. The SMILES string of the molecule is CCc1cc(-c2ccnc(F)c2)c(CC(=O)OC(C)(C)C)c(C(C)C)c1F.COCc1cc(-c2ccnc(OCC(C)(C)n3cc(S(=O)(=O)N(Cc4ccc(OC)cc4)Cc4ccc(OC)cc4)cn3)c2)c(CC(=O)OC(C)(C)C)c(C(C)C)c1F.COc1ccc(CN(Cc2ccc(OC)cc2)S(=O)(=O)c2cnn(C(C)(C)CO)c2)cc1. The monoisotopic (exact) mass is 1660 g/mol. The topological polar surface area (TPSA) is 264 Å². The summed E-state index contributed by atoms with van der Waals surface area (Å²) < 4.78 is 150. The van der Waals surface area contributed by atoms with E-state index in [2.05, 4.69) is 20.2 Å². The second-order valence-corrected chi connectivity index (χ2v) is 36.1. The van der Waals surface area contributed by atoms with Gasteiger partial charge < -0.3 is 43.0 Å². The molecule has 0 aliphatic heterocycles. The van der Waals surface area contributed by atoms with Crippen LogP contribution in [0.2, 0.25) is 0 Å². The van der Waals surface area contributed by atoms with Gasteiger partial charge in [-0.25, -0.2) is 35.6 Å². The molecule has 634 valence electrons. The first kappa shape index (κ1) is 93.0. The number of hydrogen-bond donors (Lipinski definition) is 1. The Morgan fingerprint density at radius 3 is 1.19 bits per heavy atom. The quantitative estimate of drug-likeness (QED) is 0.0296. The molecule has 23 nitrogen and oxygen atoms in total. The summed E-state index contributed by atoms with van der Waals surface area (Å²) in [6.07, 6.45) is 8.86. The van der Waals surface area contributed by atoms with Crippen molar-refractivity contribution in [3.05, 3.63) is 244 Å². The Kier molecular flexibility index (Phi) is 31.8. The number of pyridine rings is 2. The highest BCUT2D eigenvalue weighted by Gasteiger charge is 2.34. The minimum absolute atomic E-state index is 0.0226. The highest BCUT2D eigenvalue weighted by atomic mass is 32.2. The molecule has 10 aromatic rings. The normalized spacial score (nSPS) is 12.1. The highest BCUT2D eigenvalue weighted by molar-refractivity contribution is 7.89. The number of ether oxygens (including phenoxy) is 8. The van der Waals surface area contributed by atoms with Crippen molar-refractivity contribution in [2.45, 2.75) is 200 Å². The van der Waals surface area contributed by atoms with E-state index in [-0.39, 0.29) is 92.2 Å². The number of carbonyl (C=O) groups excluding carboxylic acids is 2. The van der Waals surface area contributed by atoms with Gasteiger partial charge in [-0.05, 0) is 233 Å². The molecular weight excluding hydrogens is 1550 g/mol. The molecule has 0 saturated heterocycles. The first-order valence-corrected chi connectivity index (χ1v) is 41.5. The second-order valence-electron chi connectivity index (χ2n) is 32.2. The van der Waals surface area contributed by atoms with E-state index in [0.717, 1.165) is 22.3 Å². The molecule has 10 rings (SSSR count). The lowest BCUT2D eigenvalue weighted by molar-refractivity contribution is -0.155. The van der Waals surface area contributed by atoms with Gasteiger partial charge in [-0.2, -0.15) is 23.2 Å². The number of aromatic nitrogens is 6. The smallest absolute Gasteiger partial charge is 0.310 e. The van der Waals surface area contributed by atoms with Gasteiger partial charge in [0.15, 0.2) is 0 Å². The standard InChI is InChI=1S/C45H55FN4O8S.C23H29N3O5S.C22H27F2NO2/c1-30(2)42-39(23-41(51)58-44(3,4)5)38(21-34(28-54-8)43(42)46)33-19-20-47-40(22-33)57-29-45(6,7)50-27-37(24-48-50)59(52,53)49(25-31-11-15-35(55-9)16-12-31)26-32-13-17-36(56-10)18-14-32;1-23(2,17-27)26-16-22(13-24-26)32(28,29)25(14-18-5-9-20(30-3)10-6-18)15-19-7-11-21(31-4)12-8-19;1-7-14-10-16(15-8-9-25-18(23)11-15)17(20(13(2)3)21(14)24)12-19(26)27-22(4,5)6/h11-22,24,27,30H,23,25-26,28-29H2,1-10H3;5-13,16,27H,14-15,17H2,1-4H3;8-11,13H,7,12H2,1-6H3. The van der Waals surface area contributed by atoms with E-state index < -0.39 is 66.0 Å². The maximum atomic E-state index is 16.0. The number of carbonyl (C=O) groups is 2. The summed E-state index contributed by atoms with van der Waals surface area (Å²) in [5.41, 5.74) is 5.66. The molecule has 0 atom stereocenters. The van der Waals surface area contributed by atoms with Crippen LogP contribution < -0.4 is 23.7 Å². The van der Waals surface area contributed by atoms with Gasteiger partial charge in [0.25, 0.3) is 0 Å². The molecule has 4 heterocycles. The molecule has 0 unspecified atom stereocenters. The molecule has 6 aromatic carbocycles. The number of benzene rings is 6. The van der Waals surface area contributed by atoms with Crippen LogP contribution in [0.15, 0.2) is 180 Å². The van der Waals surface area contributed by atoms with Crippen LogP contribution in [0.4, 0.5) is 13.2 Å². The van der Waals surface area contributed by atoms with Crippen LogP contribution in [0, 0.1) is 17.6 Å². The summed E-state index contributed by atoms with van der Waals surface area (Å²) in [7, 11) is -0.0950. The first-order chi connectivity index (χ1) is 55.6. The maximum Gasteiger partial charge on any atom is 0.310 e. The molecule has 0 aliphatic carbocycles. The number of nitrogens with zero attached hydrogens (tertiary/aromatic N) is 8. The van der Waals surface area contributed by atoms with Crippen LogP contribution in [0.3, 0.4) is 0 Å². The molecule has 118 heavy (non-hydrogen) atoms. The Morgan fingerprint density at radius 2 is 0.847 bits per heavy atom. The van der Waals surface area contributed by atoms with Gasteiger partial charge in [-0.3, -0.25) is 19.0 Å². The first-order valence-electron chi connectivity index (χ1n) is 38.6. The number of methoxy groups -OCH3 is 5. The van der Waals surface area contributed by atoms with Crippen LogP contribution in [-0.4, -0.2) is 132 Å². The zero-order valence-corrected chi connectivity index (χ0v) is 72.7. The molecular formula is C90H111F3N8O15S2. The third kappa shape index (κ3) is 24.8. The van der Waals surface area contributed by atoms with Crippen LogP contribution in [0.25, 0.3) is 22.3 Å². The summed E-state index contributed by atoms with van der Waals surface area (Å²) in [6.45, 7) is 27.9. The lowest BCUT2D eigenvalue weighted by Gasteiger charge is -2.26. The summed E-state index contributed by atoms with van der Waals surface area (Å²) >= 11 is 0. The van der Waals surface area contributed by atoms with Crippen molar-refractivity contribution < 1.29 is 82.6 Å². The molecule has 28 heteroatoms. The van der Waals surface area contributed by atoms with Gasteiger partial charge in [0.2, 0.25) is 31.9 Å². The summed E-state index contributed by atoms with van der Waals surface area (Å²) in [4.78, 5) is 33.8. The fraction of sp³-hybridized carbons (Fsp3) is 0.400. The number of aryl methyl sites for hydroxylation is 1. The van der Waals surface area contributed by atoms with Crippen LogP contribution in [0.1, 0.15) is 171 Å². The molecule has 0 radical (unpaired) electrons. The van der Waals surface area contributed by atoms with Gasteiger partial charge in [-0.15, -0.1) is 0 Å². The Morgan fingerprint density at radius 1 is 0.492 bits per heavy atom. The number of esters is 2. The number of hydrogen-bond acceptors (Lipinski definition) is 19. The molecule has 0 fully saturated rings. The number of aliphatic hydroxyl groups is 1. The van der Waals surface area contributed by atoms with Crippen molar-refractivity contribution in [1.29, 1.82) is 0 Å². The van der Waals surface area contributed by atoms with Gasteiger partial charge in [0.05, 0.1) is 78.0 Å². The van der Waals surface area contributed by atoms with E-state index >= 15 is 8.78 Å². The van der Waals surface area contributed by atoms with Crippen molar-refractivity contribution in [2.24, 2.45) is 0 Å². The van der Waals surface area contributed by atoms with Crippen molar-refractivity contribution in [1.82, 2.24) is 38.1 Å². The molecule has 0 bridgehead atoms. The Balaban J connectivity index is 0.000000246. The average molecular weight is 1670 g/mol. The fourth-order valence-corrected chi connectivity index (χ4v) is 15.6. The average Bonchev–Trinajstić information content (AvgIpc) is 1.03. The zero-order chi connectivity index (χ0) is 86.8. The fourth-order valence-electron chi connectivity index (χ4n) is 12.9. The molecule has 0 aliphatic rings. The number of sulfonamides is 2. The van der Waals surface area contributed by atoms with E-state index in [4.69, 9.17) is 37.9 Å². The van der Waals surface area contributed by atoms with Gasteiger partial charge in [-0.1, -0.05) is 83.1 Å². The highest BCUT2D eigenvalue weighted by Crippen LogP contribution is 2.39. The van der Waals surface area contributed by atoms with Crippen LogP contribution in [0.5, 0.6) is 28.9 Å². The number of aliphatic hydroxyl groups excluding tert-OH is 1. The lowest BCUT2D eigenvalue weighted by atomic mass is 9.85. The van der Waals surface area contributed by atoms with Gasteiger partial charge in [0, 0.05) is 75.8 Å². The Labute approximate surface area is 692 Å². The van der Waals surface area contributed by atoms with E-state index in [1.54, 1.807) is 174 Å². The van der Waals surface area contributed by atoms with E-state index in [1.165, 1.54) is 57.5 Å². The van der Waals surface area contributed by atoms with E-state index in [0.29, 0.717) is 85.1 Å². The second kappa shape index (κ2) is 40.3. The predicted molar refractivity (Wildman–Crippen MR) is 447 cm³/mol. The summed E-state index contributed by atoms with van der Waals surface area (Å²) in [5.74, 6) is 0.363. The van der Waals surface area contributed by atoms with Crippen molar-refractivity contribution in [3.63, 3.8) is 0 Å². The van der Waals surface area contributed by atoms with Crippen molar-refractivity contribution >= 4 is 32.0 Å². The zero-order valence-electron chi connectivity index (χ0n) is 71.1. The Hall–Kier alpha value is -10.5. The van der Waals surface area contributed by atoms with E-state index in [1.807, 2.05) is 97.0 Å². The summed E-state index contributed by atoms with van der Waals surface area (Å²) in [5, 5.41) is 18.3. The molecule has 1 N–H and O–H groups in total. The van der Waals surface area contributed by atoms with Gasteiger partial charge in [0.1, 0.15) is 62.2 Å². The maximum absolute atomic E-state index is 16.0. The molecule has 0 spiro atoms. The van der Waals surface area contributed by atoms with Crippen molar-refractivity contribution in [2.75, 3.05) is 48.8 Å². The van der Waals surface area contributed by atoms with Gasteiger partial charge >= 0.3 is 11.9 Å². The third-order valence-electron chi connectivity index (χ3n) is 19.0. The lowest BCUT2D eigenvalue weighted by Crippen LogP contribution is -2.34. The number of rotatable bonds is 33. The van der Waals surface area contributed by atoms with Crippen molar-refractivity contribution in [3.8, 4) is 51.1 Å². The largest absolute Gasteiger partial charge is 0.497 e. The van der Waals surface area contributed by atoms with Crippen LogP contribution >= 0.6 is 0 Å². The molecule has 4 aromatic heterocycles. The minimum Gasteiger partial charge on any atom is -0.497 e. The third-order valence-corrected chi connectivity index (χ3v) is 22.5. The minimum atomic E-state index is -4.05. The number of halogens is 3.